The number of allylic oxidation sites excluding steroid dienone is 1. The minimum absolute atomic E-state index is 0.00842. The molecule has 1 spiro atoms. The van der Waals surface area contributed by atoms with Crippen LogP contribution >= 0.6 is 23.4 Å². The summed E-state index contributed by atoms with van der Waals surface area (Å²) in [5.41, 5.74) is -2.49. The van der Waals surface area contributed by atoms with Gasteiger partial charge in [-0.15, -0.1) is 11.8 Å². The van der Waals surface area contributed by atoms with Crippen molar-refractivity contribution < 1.29 is 39.5 Å². The standard InChI is InChI=1S/C51H63ClF3N5O6S3/c1-4-5-7-12-45(38-13-17-40(52)18-14-38)48(37(2)3)60-35-50(36-60)24-27-59(28-25-50)42-19-15-39(16-20-42)49(61)57-69(64,65)44-21-22-46(47(33-44)68(62,63)51(53,54)55)56-41(23-26-58-29-31-66-32-30-58)34-67-43-10-8-6-9-11-43/h6,8-22,33,37,41,48,56H,4-5,7,23-32,34-36H2,1-3H3,(H,57,61)/b45-12-. The first-order chi connectivity index (χ1) is 32.9. The number of unbranched alkanes of at least 4 members (excludes halogenated alkanes) is 2. The number of hydrogen-bond acceptors (Lipinski definition) is 11. The number of amides is 1. The molecule has 0 radical (unpaired) electrons. The summed E-state index contributed by atoms with van der Waals surface area (Å²) >= 11 is 7.72. The fourth-order valence-corrected chi connectivity index (χ4v) is 12.7. The summed E-state index contributed by atoms with van der Waals surface area (Å²) in [4.78, 5) is 19.3. The molecule has 4 aromatic rings. The van der Waals surface area contributed by atoms with E-state index in [1.165, 1.54) is 35.0 Å². The summed E-state index contributed by atoms with van der Waals surface area (Å²) in [7, 11) is -10.9. The molecule has 0 bridgehead atoms. The van der Waals surface area contributed by atoms with Gasteiger partial charge in [-0.25, -0.2) is 21.6 Å². The number of rotatable bonds is 20. The van der Waals surface area contributed by atoms with E-state index < -0.39 is 52.8 Å². The molecule has 3 aliphatic heterocycles. The third kappa shape index (κ3) is 13.3. The maximum Gasteiger partial charge on any atom is 0.501 e. The molecule has 3 aliphatic rings. The number of ether oxygens (including phenoxy) is 1. The number of sulfonamides is 1. The number of alkyl halides is 3. The molecule has 7 rings (SSSR count). The monoisotopic (exact) mass is 1030 g/mol. The van der Waals surface area contributed by atoms with Crippen molar-refractivity contribution in [2.75, 3.05) is 75.0 Å². The molecule has 3 fully saturated rings. The third-order valence-corrected chi connectivity index (χ3v) is 17.7. The number of sulfone groups is 1. The van der Waals surface area contributed by atoms with Crippen molar-refractivity contribution >= 4 is 66.1 Å². The smallest absolute Gasteiger partial charge is 0.380 e. The zero-order chi connectivity index (χ0) is 49.4. The Morgan fingerprint density at radius 1 is 0.884 bits per heavy atom. The summed E-state index contributed by atoms with van der Waals surface area (Å²) in [6.45, 7) is 13.4. The van der Waals surface area contributed by atoms with E-state index in [1.54, 1.807) is 12.1 Å². The number of carbonyl (C=O) groups is 1. The first-order valence-electron chi connectivity index (χ1n) is 23.7. The lowest BCUT2D eigenvalue weighted by Gasteiger charge is -2.58. The van der Waals surface area contributed by atoms with E-state index in [0.717, 1.165) is 86.0 Å². The maximum atomic E-state index is 14.2. The van der Waals surface area contributed by atoms with Gasteiger partial charge >= 0.3 is 5.51 Å². The predicted molar refractivity (Wildman–Crippen MR) is 270 cm³/mol. The topological polar surface area (TPSA) is 128 Å². The van der Waals surface area contributed by atoms with Gasteiger partial charge in [-0.3, -0.25) is 14.6 Å². The van der Waals surface area contributed by atoms with Crippen LogP contribution in [0.15, 0.2) is 118 Å². The highest BCUT2D eigenvalue weighted by Gasteiger charge is 2.49. The molecule has 69 heavy (non-hydrogen) atoms. The van der Waals surface area contributed by atoms with Crippen molar-refractivity contribution in [3.05, 3.63) is 119 Å². The fraction of sp³-hybridized carbons (Fsp3) is 0.471. The van der Waals surface area contributed by atoms with E-state index in [9.17, 15) is 34.8 Å². The number of benzene rings is 4. The lowest BCUT2D eigenvalue weighted by atomic mass is 9.70. The minimum atomic E-state index is -6.06. The molecule has 0 aliphatic carbocycles. The number of likely N-dealkylation sites (tertiary alicyclic amines) is 1. The van der Waals surface area contributed by atoms with E-state index in [-0.39, 0.29) is 17.0 Å². The molecule has 1 amide bonds. The van der Waals surface area contributed by atoms with Crippen molar-refractivity contribution in [3.8, 4) is 0 Å². The van der Waals surface area contributed by atoms with Crippen molar-refractivity contribution in [3.63, 3.8) is 0 Å². The van der Waals surface area contributed by atoms with Crippen molar-refractivity contribution in [2.24, 2.45) is 11.3 Å². The van der Waals surface area contributed by atoms with Crippen LogP contribution in [0, 0.1) is 11.3 Å². The highest BCUT2D eigenvalue weighted by molar-refractivity contribution is 7.99. The van der Waals surface area contributed by atoms with Crippen molar-refractivity contribution in [2.45, 2.75) is 91.6 Å². The van der Waals surface area contributed by atoms with Gasteiger partial charge in [-0.1, -0.05) is 81.6 Å². The van der Waals surface area contributed by atoms with Crippen LogP contribution in [0.25, 0.3) is 5.57 Å². The quantitative estimate of drug-likeness (QED) is 0.0649. The van der Waals surface area contributed by atoms with Crippen LogP contribution in [0.3, 0.4) is 0 Å². The Hall–Kier alpha value is -4.10. The molecule has 2 N–H and O–H groups in total. The van der Waals surface area contributed by atoms with Crippen molar-refractivity contribution in [1.82, 2.24) is 14.5 Å². The molecule has 0 aromatic heterocycles. The summed E-state index contributed by atoms with van der Waals surface area (Å²) in [6, 6.07) is 26.3. The molecule has 4 aromatic carbocycles. The zero-order valence-electron chi connectivity index (χ0n) is 39.4. The first-order valence-corrected chi connectivity index (χ1v) is 28.0. The Kier molecular flexibility index (Phi) is 17.6. The van der Waals surface area contributed by atoms with E-state index >= 15 is 0 Å². The van der Waals surface area contributed by atoms with E-state index in [0.29, 0.717) is 57.0 Å². The number of anilines is 2. The predicted octanol–water partition coefficient (Wildman–Crippen LogP) is 10.2. The Balaban J connectivity index is 1.000. The Morgan fingerprint density at radius 3 is 2.16 bits per heavy atom. The van der Waals surface area contributed by atoms with Gasteiger partial charge in [0.1, 0.15) is 4.90 Å². The molecule has 2 unspecified atom stereocenters. The Morgan fingerprint density at radius 2 is 1.54 bits per heavy atom. The summed E-state index contributed by atoms with van der Waals surface area (Å²) < 4.78 is 103. The van der Waals surface area contributed by atoms with Gasteiger partial charge in [0.15, 0.2) is 0 Å². The van der Waals surface area contributed by atoms with Crippen molar-refractivity contribution in [1.29, 1.82) is 0 Å². The second-order valence-electron chi connectivity index (χ2n) is 18.7. The molecular formula is C51H63ClF3N5O6S3. The molecular weight excluding hydrogens is 967 g/mol. The van der Waals surface area contributed by atoms with E-state index in [1.807, 2.05) is 47.2 Å². The largest absolute Gasteiger partial charge is 0.501 e. The first kappa shape index (κ1) is 52.7. The number of thioether (sulfide) groups is 1. The number of carbonyl (C=O) groups excluding carboxylic acids is 1. The second kappa shape index (κ2) is 23.0. The molecule has 18 heteroatoms. The van der Waals surface area contributed by atoms with Gasteiger partial charge in [-0.2, -0.15) is 13.2 Å². The van der Waals surface area contributed by atoms with Crippen LogP contribution in [0.2, 0.25) is 5.02 Å². The van der Waals surface area contributed by atoms with Gasteiger partial charge in [0.2, 0.25) is 0 Å². The molecule has 3 saturated heterocycles. The summed E-state index contributed by atoms with van der Waals surface area (Å²) in [5.74, 6) is -0.236. The van der Waals surface area contributed by atoms with Gasteiger partial charge in [0.25, 0.3) is 25.8 Å². The van der Waals surface area contributed by atoms with Gasteiger partial charge in [0.05, 0.1) is 23.8 Å². The SMILES string of the molecule is CCCC/C=C(/c1ccc(Cl)cc1)C(C(C)C)N1CC2(CCN(c3ccc(C(=O)NS(=O)(=O)c4ccc(NC(CCN5CCOCC5)CSc5ccccc5)c(S(=O)(=O)C(F)(F)F)c4)cc3)CC2)C1. The van der Waals surface area contributed by atoms with Crippen LogP contribution in [0.4, 0.5) is 24.5 Å². The number of nitrogens with one attached hydrogen (secondary N) is 2. The van der Waals surface area contributed by atoms with E-state index in [4.69, 9.17) is 16.3 Å². The van der Waals surface area contributed by atoms with Gasteiger partial charge < -0.3 is 15.0 Å². The highest BCUT2D eigenvalue weighted by atomic mass is 35.5. The lowest BCUT2D eigenvalue weighted by Crippen LogP contribution is -2.64. The Labute approximate surface area is 415 Å². The maximum absolute atomic E-state index is 14.2. The molecule has 0 saturated carbocycles. The Bertz CT molecular complexity index is 2600. The minimum Gasteiger partial charge on any atom is -0.380 e. The van der Waals surface area contributed by atoms with Crippen LogP contribution in [-0.2, 0) is 24.6 Å². The number of hydrogen-bond donors (Lipinski definition) is 2. The molecule has 11 nitrogen and oxygen atoms in total. The summed E-state index contributed by atoms with van der Waals surface area (Å²) in [6.07, 6.45) is 8.14. The zero-order valence-corrected chi connectivity index (χ0v) is 42.6. The number of nitrogens with zero attached hydrogens (tertiary/aromatic N) is 3. The van der Waals surface area contributed by atoms with Crippen LogP contribution in [0.1, 0.15) is 75.2 Å². The lowest BCUT2D eigenvalue weighted by molar-refractivity contribution is -0.0436. The number of piperidine rings is 1. The van der Waals surface area contributed by atoms with Crippen LogP contribution in [-0.4, -0.2) is 115 Å². The van der Waals surface area contributed by atoms with Crippen LogP contribution in [0.5, 0.6) is 0 Å². The average Bonchev–Trinajstić information content (AvgIpc) is 3.32. The highest BCUT2D eigenvalue weighted by Crippen LogP contribution is 2.46. The van der Waals surface area contributed by atoms with Gasteiger partial charge in [-0.05, 0) is 115 Å². The third-order valence-electron chi connectivity index (χ3n) is 13.4. The normalized spacial score (nSPS) is 18.2. The summed E-state index contributed by atoms with van der Waals surface area (Å²) in [5, 5.41) is 3.72. The number of halogens is 4. The fourth-order valence-electron chi connectivity index (χ4n) is 9.55. The molecule has 2 atom stereocenters. The number of morpholine rings is 1. The van der Waals surface area contributed by atoms with E-state index in [2.05, 4.69) is 59.0 Å². The average molecular weight is 1030 g/mol. The van der Waals surface area contributed by atoms with Crippen LogP contribution < -0.4 is 14.9 Å². The molecule has 3 heterocycles. The molecule has 374 valence electrons. The second-order valence-corrected chi connectivity index (χ2v) is 23.8. The van der Waals surface area contributed by atoms with Gasteiger partial charge in [0, 0.05) is 84.8 Å².